The third-order valence-electron chi connectivity index (χ3n) is 3.95. The predicted molar refractivity (Wildman–Crippen MR) is 91.5 cm³/mol. The Labute approximate surface area is 152 Å². The van der Waals surface area contributed by atoms with Crippen LogP contribution in [0.15, 0.2) is 71.6 Å². The molecule has 4 aromatic rings. The van der Waals surface area contributed by atoms with Crippen molar-refractivity contribution >= 4 is 0 Å². The number of aromatic nitrogens is 4. The van der Waals surface area contributed by atoms with Crippen molar-refractivity contribution < 1.29 is 17.7 Å². The van der Waals surface area contributed by atoms with E-state index in [0.29, 0.717) is 12.1 Å². The normalized spacial score (nSPS) is 11.7. The SMILES string of the molecule is FC(F)(F)c1nc(-c2ccc(Cn3cnc(-c4ccccc4)c3)cc2)no1. The van der Waals surface area contributed by atoms with Crippen LogP contribution in [0.5, 0.6) is 0 Å². The monoisotopic (exact) mass is 370 g/mol. The van der Waals surface area contributed by atoms with Crippen molar-refractivity contribution in [1.29, 1.82) is 0 Å². The third kappa shape index (κ3) is 3.74. The van der Waals surface area contributed by atoms with Gasteiger partial charge >= 0.3 is 12.1 Å². The molecule has 0 N–H and O–H groups in total. The number of rotatable bonds is 4. The van der Waals surface area contributed by atoms with Crippen LogP contribution in [0.3, 0.4) is 0 Å². The highest BCUT2D eigenvalue weighted by Gasteiger charge is 2.38. The van der Waals surface area contributed by atoms with Gasteiger partial charge < -0.3 is 9.09 Å². The summed E-state index contributed by atoms with van der Waals surface area (Å²) in [5.74, 6) is -1.45. The number of hydrogen-bond acceptors (Lipinski definition) is 4. The molecule has 27 heavy (non-hydrogen) atoms. The van der Waals surface area contributed by atoms with Gasteiger partial charge in [-0.2, -0.15) is 18.2 Å². The van der Waals surface area contributed by atoms with Crippen LogP contribution in [0, 0.1) is 0 Å². The van der Waals surface area contributed by atoms with Crippen molar-refractivity contribution in [3.63, 3.8) is 0 Å². The van der Waals surface area contributed by atoms with Gasteiger partial charge in [-0.05, 0) is 5.56 Å². The Hall–Kier alpha value is -3.42. The molecule has 0 aliphatic heterocycles. The van der Waals surface area contributed by atoms with Gasteiger partial charge in [-0.15, -0.1) is 0 Å². The van der Waals surface area contributed by atoms with Gasteiger partial charge in [-0.25, -0.2) is 4.98 Å². The van der Waals surface area contributed by atoms with Crippen LogP contribution >= 0.6 is 0 Å². The van der Waals surface area contributed by atoms with Gasteiger partial charge in [0.15, 0.2) is 0 Å². The maximum Gasteiger partial charge on any atom is 0.471 e. The fourth-order valence-corrected chi connectivity index (χ4v) is 2.63. The average molecular weight is 370 g/mol. The first kappa shape index (κ1) is 17.0. The third-order valence-corrected chi connectivity index (χ3v) is 3.95. The predicted octanol–water partition coefficient (Wildman–Crippen LogP) is 4.67. The number of halogens is 3. The fourth-order valence-electron chi connectivity index (χ4n) is 2.63. The molecule has 2 heterocycles. The minimum Gasteiger partial charge on any atom is -0.332 e. The van der Waals surface area contributed by atoms with Crippen LogP contribution in [0.1, 0.15) is 11.5 Å². The van der Waals surface area contributed by atoms with E-state index in [1.54, 1.807) is 30.6 Å². The molecule has 0 fully saturated rings. The summed E-state index contributed by atoms with van der Waals surface area (Å²) in [4.78, 5) is 7.78. The number of nitrogens with zero attached hydrogens (tertiary/aromatic N) is 4. The zero-order valence-electron chi connectivity index (χ0n) is 13.9. The van der Waals surface area contributed by atoms with Crippen LogP contribution in [-0.2, 0) is 12.7 Å². The molecule has 0 bridgehead atoms. The van der Waals surface area contributed by atoms with Crippen LogP contribution in [0.4, 0.5) is 13.2 Å². The topological polar surface area (TPSA) is 56.7 Å². The largest absolute Gasteiger partial charge is 0.471 e. The van der Waals surface area contributed by atoms with E-state index in [4.69, 9.17) is 0 Å². The molecule has 5 nitrogen and oxygen atoms in total. The Morgan fingerprint density at radius 3 is 2.33 bits per heavy atom. The van der Waals surface area contributed by atoms with E-state index in [-0.39, 0.29) is 5.82 Å². The molecule has 8 heteroatoms. The smallest absolute Gasteiger partial charge is 0.332 e. The van der Waals surface area contributed by atoms with Crippen LogP contribution in [-0.4, -0.2) is 19.7 Å². The van der Waals surface area contributed by atoms with Gasteiger partial charge in [0.05, 0.1) is 12.0 Å². The lowest BCUT2D eigenvalue weighted by atomic mass is 10.1. The lowest BCUT2D eigenvalue weighted by molar-refractivity contribution is -0.159. The Morgan fingerprint density at radius 1 is 0.926 bits per heavy atom. The van der Waals surface area contributed by atoms with Crippen LogP contribution < -0.4 is 0 Å². The van der Waals surface area contributed by atoms with E-state index in [1.807, 2.05) is 41.1 Å². The van der Waals surface area contributed by atoms with E-state index in [0.717, 1.165) is 16.8 Å². The van der Waals surface area contributed by atoms with Crippen molar-refractivity contribution in [3.8, 4) is 22.6 Å². The fraction of sp³-hybridized carbons (Fsp3) is 0.105. The molecule has 0 saturated carbocycles. The molecule has 0 unspecified atom stereocenters. The quantitative estimate of drug-likeness (QED) is 0.524. The highest BCUT2D eigenvalue weighted by molar-refractivity contribution is 5.58. The second kappa shape index (κ2) is 6.71. The van der Waals surface area contributed by atoms with Gasteiger partial charge in [-0.1, -0.05) is 59.8 Å². The van der Waals surface area contributed by atoms with E-state index in [2.05, 4.69) is 19.6 Å². The van der Waals surface area contributed by atoms with Gasteiger partial charge in [0, 0.05) is 23.9 Å². The average Bonchev–Trinajstić information content (AvgIpc) is 3.33. The first-order valence-corrected chi connectivity index (χ1v) is 8.06. The summed E-state index contributed by atoms with van der Waals surface area (Å²) >= 11 is 0. The summed E-state index contributed by atoms with van der Waals surface area (Å²) in [6.07, 6.45) is -0.966. The van der Waals surface area contributed by atoms with E-state index >= 15 is 0 Å². The molecule has 2 aromatic carbocycles. The molecule has 0 amide bonds. The Kier molecular flexibility index (Phi) is 4.23. The molecule has 0 atom stereocenters. The van der Waals surface area contributed by atoms with Crippen molar-refractivity contribution in [3.05, 3.63) is 78.6 Å². The molecular weight excluding hydrogens is 357 g/mol. The maximum absolute atomic E-state index is 12.5. The lowest BCUT2D eigenvalue weighted by Gasteiger charge is -2.03. The number of benzene rings is 2. The first-order chi connectivity index (χ1) is 13.0. The summed E-state index contributed by atoms with van der Waals surface area (Å²) in [5, 5.41) is 3.38. The van der Waals surface area contributed by atoms with Crippen molar-refractivity contribution in [2.75, 3.05) is 0 Å². The molecular formula is C19H13F3N4O. The van der Waals surface area contributed by atoms with Crippen molar-refractivity contribution in [1.82, 2.24) is 19.7 Å². The number of alkyl halides is 3. The zero-order valence-corrected chi connectivity index (χ0v) is 13.9. The van der Waals surface area contributed by atoms with E-state index < -0.39 is 12.1 Å². The lowest BCUT2D eigenvalue weighted by Crippen LogP contribution is -2.04. The first-order valence-electron chi connectivity index (χ1n) is 8.06. The summed E-state index contributed by atoms with van der Waals surface area (Å²) < 4.78 is 43.8. The molecule has 0 radical (unpaired) electrons. The van der Waals surface area contributed by atoms with Crippen molar-refractivity contribution in [2.45, 2.75) is 12.7 Å². The molecule has 0 aliphatic rings. The highest BCUT2D eigenvalue weighted by Crippen LogP contribution is 2.29. The van der Waals surface area contributed by atoms with Crippen LogP contribution in [0.25, 0.3) is 22.6 Å². The van der Waals surface area contributed by atoms with Crippen molar-refractivity contribution in [2.24, 2.45) is 0 Å². The van der Waals surface area contributed by atoms with Gasteiger partial charge in [-0.3, -0.25) is 0 Å². The van der Waals surface area contributed by atoms with E-state index in [1.165, 1.54) is 0 Å². The van der Waals surface area contributed by atoms with Crippen LogP contribution in [0.2, 0.25) is 0 Å². The summed E-state index contributed by atoms with van der Waals surface area (Å²) in [7, 11) is 0. The van der Waals surface area contributed by atoms with E-state index in [9.17, 15) is 13.2 Å². The number of hydrogen-bond donors (Lipinski definition) is 0. The minimum atomic E-state index is -4.65. The molecule has 0 spiro atoms. The zero-order chi connectivity index (χ0) is 18.9. The summed E-state index contributed by atoms with van der Waals surface area (Å²) in [6, 6.07) is 16.8. The molecule has 4 rings (SSSR count). The Bertz CT molecular complexity index is 1040. The molecule has 2 aromatic heterocycles. The van der Waals surface area contributed by atoms with Gasteiger partial charge in [0.25, 0.3) is 0 Å². The maximum atomic E-state index is 12.5. The second-order valence-electron chi connectivity index (χ2n) is 5.92. The standard InChI is InChI=1S/C19H13F3N4O/c20-19(21,22)18-24-17(25-27-18)15-8-6-13(7-9-15)10-26-11-16(23-12-26)14-4-2-1-3-5-14/h1-9,11-12H,10H2. The Morgan fingerprint density at radius 2 is 1.67 bits per heavy atom. The molecule has 0 aliphatic carbocycles. The summed E-state index contributed by atoms with van der Waals surface area (Å²) in [5.41, 5.74) is 3.33. The second-order valence-corrected chi connectivity index (χ2v) is 5.92. The summed E-state index contributed by atoms with van der Waals surface area (Å²) in [6.45, 7) is 0.583. The highest BCUT2D eigenvalue weighted by atomic mass is 19.4. The van der Waals surface area contributed by atoms with Gasteiger partial charge in [0.1, 0.15) is 0 Å². The molecule has 136 valence electrons. The molecule has 0 saturated heterocycles. The number of imidazole rings is 1. The minimum absolute atomic E-state index is 0.0946. The Balaban J connectivity index is 1.49. The van der Waals surface area contributed by atoms with Gasteiger partial charge in [0.2, 0.25) is 5.82 Å².